The number of aromatic nitrogens is 2. The molecule has 2 N–H and O–H groups in total. The van der Waals surface area contributed by atoms with Gasteiger partial charge in [-0.25, -0.2) is 4.99 Å². The number of halogens is 3. The number of hydrogen-bond acceptors (Lipinski definition) is 2. The molecular formula is C15H20Cl2IN5. The molecule has 5 nitrogen and oxygen atoms in total. The van der Waals surface area contributed by atoms with Crippen molar-refractivity contribution >= 4 is 53.1 Å². The number of hydrogen-bond donors (Lipinski definition) is 2. The van der Waals surface area contributed by atoms with E-state index in [1.165, 1.54) is 0 Å². The number of nitrogens with one attached hydrogen (secondary N) is 2. The van der Waals surface area contributed by atoms with Gasteiger partial charge in [-0.3, -0.25) is 4.68 Å². The summed E-state index contributed by atoms with van der Waals surface area (Å²) in [5, 5.41) is 11.9. The van der Waals surface area contributed by atoms with Gasteiger partial charge in [0.15, 0.2) is 5.96 Å². The van der Waals surface area contributed by atoms with Gasteiger partial charge >= 0.3 is 0 Å². The molecular weight excluding hydrogens is 448 g/mol. The van der Waals surface area contributed by atoms with Crippen molar-refractivity contribution in [2.45, 2.75) is 20.0 Å². The Morgan fingerprint density at radius 2 is 2.09 bits per heavy atom. The third kappa shape index (κ3) is 6.56. The molecule has 0 spiro atoms. The van der Waals surface area contributed by atoms with E-state index in [1.54, 1.807) is 10.7 Å². The third-order valence-corrected chi connectivity index (χ3v) is 3.57. The van der Waals surface area contributed by atoms with Crippen LogP contribution in [0.1, 0.15) is 18.1 Å². The molecule has 2 aromatic rings. The SMILES string of the molecule is CCNC(=NCc1cnn(C)c1)NCc1ccc(Cl)cc1Cl.I. The van der Waals surface area contributed by atoms with Gasteiger partial charge in [0.05, 0.1) is 12.7 Å². The van der Waals surface area contributed by atoms with E-state index in [0.717, 1.165) is 23.6 Å². The van der Waals surface area contributed by atoms with Crippen LogP contribution in [0.4, 0.5) is 0 Å². The number of aliphatic imine (C=N–C) groups is 1. The van der Waals surface area contributed by atoms with E-state index < -0.39 is 0 Å². The lowest BCUT2D eigenvalue weighted by atomic mass is 10.2. The van der Waals surface area contributed by atoms with Gasteiger partial charge < -0.3 is 10.6 Å². The Labute approximate surface area is 163 Å². The summed E-state index contributed by atoms with van der Waals surface area (Å²) < 4.78 is 1.76. The molecule has 0 unspecified atom stereocenters. The molecule has 1 aromatic carbocycles. The molecule has 0 saturated heterocycles. The Kier molecular flexibility index (Phi) is 8.72. The monoisotopic (exact) mass is 467 g/mol. The lowest BCUT2D eigenvalue weighted by molar-refractivity contribution is 0.766. The van der Waals surface area contributed by atoms with Crippen molar-refractivity contribution in [2.24, 2.45) is 12.0 Å². The fourth-order valence-electron chi connectivity index (χ4n) is 1.91. The minimum Gasteiger partial charge on any atom is -0.357 e. The number of benzene rings is 1. The maximum atomic E-state index is 6.17. The second-order valence-electron chi connectivity index (χ2n) is 4.81. The molecule has 1 heterocycles. The molecule has 0 radical (unpaired) electrons. The number of nitrogens with zero attached hydrogens (tertiary/aromatic N) is 3. The summed E-state index contributed by atoms with van der Waals surface area (Å²) in [6.07, 6.45) is 3.76. The highest BCUT2D eigenvalue weighted by Gasteiger charge is 2.03. The molecule has 8 heteroatoms. The molecule has 0 saturated carbocycles. The Morgan fingerprint density at radius 3 is 2.70 bits per heavy atom. The molecule has 0 atom stereocenters. The van der Waals surface area contributed by atoms with E-state index >= 15 is 0 Å². The van der Waals surface area contributed by atoms with Crippen LogP contribution in [0.3, 0.4) is 0 Å². The Balaban J connectivity index is 0.00000264. The van der Waals surface area contributed by atoms with Crippen LogP contribution in [0.5, 0.6) is 0 Å². The van der Waals surface area contributed by atoms with Crippen LogP contribution in [0.2, 0.25) is 10.0 Å². The first-order chi connectivity index (χ1) is 10.6. The van der Waals surface area contributed by atoms with Crippen LogP contribution in [-0.4, -0.2) is 22.3 Å². The summed E-state index contributed by atoms with van der Waals surface area (Å²) in [4.78, 5) is 4.53. The van der Waals surface area contributed by atoms with Crippen molar-refractivity contribution < 1.29 is 0 Å². The average molecular weight is 468 g/mol. The van der Waals surface area contributed by atoms with Crippen LogP contribution in [0.15, 0.2) is 35.6 Å². The number of aryl methyl sites for hydroxylation is 1. The molecule has 0 bridgehead atoms. The summed E-state index contributed by atoms with van der Waals surface area (Å²) in [6.45, 7) is 3.95. The van der Waals surface area contributed by atoms with Gasteiger partial charge in [-0.2, -0.15) is 5.10 Å². The highest BCUT2D eigenvalue weighted by atomic mass is 127. The van der Waals surface area contributed by atoms with Crippen molar-refractivity contribution in [2.75, 3.05) is 6.54 Å². The van der Waals surface area contributed by atoms with Crippen LogP contribution in [-0.2, 0) is 20.1 Å². The first-order valence-corrected chi connectivity index (χ1v) is 7.77. The largest absolute Gasteiger partial charge is 0.357 e. The predicted molar refractivity (Wildman–Crippen MR) is 107 cm³/mol. The van der Waals surface area contributed by atoms with Gasteiger partial charge in [0.25, 0.3) is 0 Å². The number of guanidine groups is 1. The van der Waals surface area contributed by atoms with Crippen molar-refractivity contribution in [1.29, 1.82) is 0 Å². The Morgan fingerprint density at radius 1 is 1.30 bits per heavy atom. The quantitative estimate of drug-likeness (QED) is 0.401. The molecule has 2 rings (SSSR count). The van der Waals surface area contributed by atoms with E-state index in [4.69, 9.17) is 23.2 Å². The predicted octanol–water partition coefficient (Wildman–Crippen LogP) is 3.60. The fraction of sp³-hybridized carbons (Fsp3) is 0.333. The van der Waals surface area contributed by atoms with Crippen molar-refractivity contribution in [3.63, 3.8) is 0 Å². The smallest absolute Gasteiger partial charge is 0.191 e. The maximum absolute atomic E-state index is 6.17. The van der Waals surface area contributed by atoms with Crippen molar-refractivity contribution in [3.05, 3.63) is 51.8 Å². The summed E-state index contributed by atoms with van der Waals surface area (Å²) in [6, 6.07) is 5.46. The summed E-state index contributed by atoms with van der Waals surface area (Å²) in [5.41, 5.74) is 2.03. The third-order valence-electron chi connectivity index (χ3n) is 2.98. The zero-order chi connectivity index (χ0) is 15.9. The first-order valence-electron chi connectivity index (χ1n) is 7.02. The van der Waals surface area contributed by atoms with Gasteiger partial charge in [-0.15, -0.1) is 24.0 Å². The van der Waals surface area contributed by atoms with Crippen LogP contribution >= 0.6 is 47.2 Å². The Bertz CT molecular complexity index is 657. The molecule has 126 valence electrons. The second-order valence-corrected chi connectivity index (χ2v) is 5.65. The maximum Gasteiger partial charge on any atom is 0.191 e. The first kappa shape index (κ1) is 20.1. The van der Waals surface area contributed by atoms with Crippen LogP contribution < -0.4 is 10.6 Å². The lowest BCUT2D eigenvalue weighted by Crippen LogP contribution is -2.36. The summed E-state index contributed by atoms with van der Waals surface area (Å²) in [5.74, 6) is 0.734. The minimum atomic E-state index is 0. The molecule has 0 aliphatic heterocycles. The zero-order valence-electron chi connectivity index (χ0n) is 13.0. The van der Waals surface area contributed by atoms with E-state index in [2.05, 4.69) is 20.7 Å². The summed E-state index contributed by atoms with van der Waals surface area (Å²) in [7, 11) is 1.89. The molecule has 0 aliphatic rings. The van der Waals surface area contributed by atoms with Gasteiger partial charge in [-0.05, 0) is 24.6 Å². The van der Waals surface area contributed by atoms with E-state index in [9.17, 15) is 0 Å². The fourth-order valence-corrected chi connectivity index (χ4v) is 2.38. The average Bonchev–Trinajstić information content (AvgIpc) is 2.89. The minimum absolute atomic E-state index is 0. The van der Waals surface area contributed by atoms with Gasteiger partial charge in [0, 0.05) is 41.9 Å². The van der Waals surface area contributed by atoms with Crippen molar-refractivity contribution in [3.8, 4) is 0 Å². The van der Waals surface area contributed by atoms with E-state index in [0.29, 0.717) is 23.1 Å². The molecule has 0 fully saturated rings. The topological polar surface area (TPSA) is 54.2 Å². The molecule has 1 aromatic heterocycles. The second kappa shape index (κ2) is 10.00. The molecule has 0 aliphatic carbocycles. The van der Waals surface area contributed by atoms with E-state index in [1.807, 2.05) is 38.5 Å². The van der Waals surface area contributed by atoms with Crippen molar-refractivity contribution in [1.82, 2.24) is 20.4 Å². The van der Waals surface area contributed by atoms with E-state index in [-0.39, 0.29) is 24.0 Å². The highest BCUT2D eigenvalue weighted by Crippen LogP contribution is 2.20. The molecule has 23 heavy (non-hydrogen) atoms. The summed E-state index contributed by atoms with van der Waals surface area (Å²) >= 11 is 12.1. The highest BCUT2D eigenvalue weighted by molar-refractivity contribution is 14.0. The number of rotatable bonds is 5. The lowest BCUT2D eigenvalue weighted by Gasteiger charge is -2.12. The van der Waals surface area contributed by atoms with Gasteiger partial charge in [-0.1, -0.05) is 29.3 Å². The standard InChI is InChI=1S/C15H19Cl2N5.HI/c1-3-18-15(19-7-11-8-21-22(2)10-11)20-9-12-4-5-13(16)6-14(12)17;/h4-6,8,10H,3,7,9H2,1-2H3,(H2,18,19,20);1H. The Hall–Kier alpha value is -0.990. The van der Waals surface area contributed by atoms with Gasteiger partial charge in [0.1, 0.15) is 0 Å². The van der Waals surface area contributed by atoms with Crippen LogP contribution in [0, 0.1) is 0 Å². The normalized spacial score (nSPS) is 11.0. The van der Waals surface area contributed by atoms with Gasteiger partial charge in [0.2, 0.25) is 0 Å². The zero-order valence-corrected chi connectivity index (χ0v) is 16.9. The molecule has 0 amide bonds. The van der Waals surface area contributed by atoms with Crippen LogP contribution in [0.25, 0.3) is 0 Å².